The van der Waals surface area contributed by atoms with Crippen LogP contribution in [0.3, 0.4) is 0 Å². The minimum absolute atomic E-state index is 0.227. The Morgan fingerprint density at radius 2 is 1.77 bits per heavy atom. The summed E-state index contributed by atoms with van der Waals surface area (Å²) in [6.45, 7) is 2.51. The first kappa shape index (κ1) is 21.3. The lowest BCUT2D eigenvalue weighted by atomic mass is 10.2. The van der Waals surface area contributed by atoms with Crippen molar-refractivity contribution in [3.63, 3.8) is 0 Å². The molecule has 0 fully saturated rings. The maximum absolute atomic E-state index is 12.7. The van der Waals surface area contributed by atoms with E-state index in [1.165, 1.54) is 12.1 Å². The van der Waals surface area contributed by atoms with Crippen LogP contribution in [0.5, 0.6) is 5.75 Å². The van der Waals surface area contributed by atoms with Crippen molar-refractivity contribution in [2.75, 3.05) is 5.75 Å². The Morgan fingerprint density at radius 1 is 0.968 bits per heavy atom. The molecule has 4 aromatic rings. The third kappa shape index (κ3) is 5.22. The molecule has 0 atom stereocenters. The predicted octanol–water partition coefficient (Wildman–Crippen LogP) is 7.15. The second-order valence-corrected chi connectivity index (χ2v) is 8.25. The summed E-state index contributed by atoms with van der Waals surface area (Å²) in [7, 11) is 0. The highest BCUT2D eigenvalue weighted by Gasteiger charge is 2.31. The first-order chi connectivity index (χ1) is 14.9. The Labute approximate surface area is 182 Å². The van der Waals surface area contributed by atoms with Crippen molar-refractivity contribution in [3.8, 4) is 17.1 Å². The molecular formula is C24H21F3N2OS. The van der Waals surface area contributed by atoms with Crippen LogP contribution >= 0.6 is 11.8 Å². The number of ether oxygens (including phenoxy) is 1. The standard InChI is InChI=1S/C24H21F3N2OS/c1-2-13-31-20-11-12-21-22(15-20)29(23(28-21)18-8-4-3-5-9-18)16-17-7-6-10-19(14-17)30-24(25,26)27/h3-12,14-15H,2,13,16H2,1H3. The summed E-state index contributed by atoms with van der Waals surface area (Å²) in [5.41, 5.74) is 3.44. The van der Waals surface area contributed by atoms with E-state index in [9.17, 15) is 13.2 Å². The lowest BCUT2D eigenvalue weighted by Crippen LogP contribution is -2.17. The molecule has 31 heavy (non-hydrogen) atoms. The fourth-order valence-electron chi connectivity index (χ4n) is 3.40. The SMILES string of the molecule is CCCSc1ccc2nc(-c3ccccc3)n(Cc3cccc(OC(F)(F)F)c3)c2c1. The molecule has 3 aromatic carbocycles. The van der Waals surface area contributed by atoms with E-state index < -0.39 is 6.36 Å². The van der Waals surface area contributed by atoms with Crippen molar-refractivity contribution in [1.29, 1.82) is 0 Å². The Balaban J connectivity index is 1.78. The molecule has 4 rings (SSSR count). The minimum atomic E-state index is -4.72. The topological polar surface area (TPSA) is 27.1 Å². The number of hydrogen-bond donors (Lipinski definition) is 0. The van der Waals surface area contributed by atoms with Gasteiger partial charge in [-0.2, -0.15) is 0 Å². The number of nitrogens with zero attached hydrogens (tertiary/aromatic N) is 2. The van der Waals surface area contributed by atoms with E-state index in [1.54, 1.807) is 23.9 Å². The normalized spacial score (nSPS) is 11.7. The number of aromatic nitrogens is 2. The van der Waals surface area contributed by atoms with Crippen molar-refractivity contribution in [2.45, 2.75) is 31.1 Å². The first-order valence-electron chi connectivity index (χ1n) is 9.96. The first-order valence-corrected chi connectivity index (χ1v) is 10.9. The molecule has 0 radical (unpaired) electrons. The Bertz CT molecular complexity index is 1170. The van der Waals surface area contributed by atoms with Crippen LogP contribution in [-0.2, 0) is 6.54 Å². The lowest BCUT2D eigenvalue weighted by molar-refractivity contribution is -0.274. The van der Waals surface area contributed by atoms with Crippen molar-refractivity contribution < 1.29 is 17.9 Å². The van der Waals surface area contributed by atoms with Crippen molar-refractivity contribution in [2.24, 2.45) is 0 Å². The lowest BCUT2D eigenvalue weighted by Gasteiger charge is -2.13. The summed E-state index contributed by atoms with van der Waals surface area (Å²) in [5, 5.41) is 0. The van der Waals surface area contributed by atoms with Gasteiger partial charge in [0.1, 0.15) is 11.6 Å². The van der Waals surface area contributed by atoms with Crippen LogP contribution in [0.25, 0.3) is 22.4 Å². The number of rotatable bonds is 7. The van der Waals surface area contributed by atoms with Gasteiger partial charge in [0.05, 0.1) is 11.0 Å². The van der Waals surface area contributed by atoms with E-state index in [-0.39, 0.29) is 5.75 Å². The Hall–Kier alpha value is -2.93. The van der Waals surface area contributed by atoms with E-state index in [0.29, 0.717) is 12.1 Å². The average molecular weight is 443 g/mol. The molecule has 0 aliphatic rings. The highest BCUT2D eigenvalue weighted by atomic mass is 32.2. The van der Waals surface area contributed by atoms with Crippen LogP contribution in [0.4, 0.5) is 13.2 Å². The van der Waals surface area contributed by atoms with Gasteiger partial charge in [0.2, 0.25) is 0 Å². The molecular weight excluding hydrogens is 421 g/mol. The quantitative estimate of drug-likeness (QED) is 0.284. The summed E-state index contributed by atoms with van der Waals surface area (Å²) >= 11 is 1.78. The Kier molecular flexibility index (Phi) is 6.23. The summed E-state index contributed by atoms with van der Waals surface area (Å²) in [5.74, 6) is 1.56. The molecule has 0 unspecified atom stereocenters. The van der Waals surface area contributed by atoms with Crippen LogP contribution in [0.2, 0.25) is 0 Å². The number of benzene rings is 3. The van der Waals surface area contributed by atoms with Crippen molar-refractivity contribution in [3.05, 3.63) is 78.4 Å². The van der Waals surface area contributed by atoms with Gasteiger partial charge in [0.15, 0.2) is 0 Å². The molecule has 0 N–H and O–H groups in total. The summed E-state index contributed by atoms with van der Waals surface area (Å²) in [6.07, 6.45) is -3.65. The van der Waals surface area contributed by atoms with Gasteiger partial charge in [-0.15, -0.1) is 24.9 Å². The monoisotopic (exact) mass is 442 g/mol. The molecule has 0 saturated heterocycles. The van der Waals surface area contributed by atoms with Gasteiger partial charge >= 0.3 is 6.36 Å². The molecule has 160 valence electrons. The van der Waals surface area contributed by atoms with Crippen LogP contribution in [0.15, 0.2) is 77.7 Å². The van der Waals surface area contributed by atoms with Crippen molar-refractivity contribution in [1.82, 2.24) is 9.55 Å². The summed E-state index contributed by atoms with van der Waals surface area (Å²) < 4.78 is 44.1. The van der Waals surface area contributed by atoms with Gasteiger partial charge in [-0.25, -0.2) is 4.98 Å². The zero-order valence-corrected chi connectivity index (χ0v) is 17.7. The van der Waals surface area contributed by atoms with E-state index in [4.69, 9.17) is 4.98 Å². The van der Waals surface area contributed by atoms with Crippen LogP contribution < -0.4 is 4.74 Å². The van der Waals surface area contributed by atoms with Gasteiger partial charge in [-0.3, -0.25) is 0 Å². The molecule has 0 saturated carbocycles. The summed E-state index contributed by atoms with van der Waals surface area (Å²) in [6, 6.07) is 22.0. The second-order valence-electron chi connectivity index (χ2n) is 7.08. The van der Waals surface area contributed by atoms with E-state index in [0.717, 1.165) is 39.5 Å². The third-order valence-electron chi connectivity index (χ3n) is 4.70. The van der Waals surface area contributed by atoms with E-state index >= 15 is 0 Å². The van der Waals surface area contributed by atoms with Gasteiger partial charge in [0, 0.05) is 17.0 Å². The molecule has 7 heteroatoms. The molecule has 0 aliphatic heterocycles. The van der Waals surface area contributed by atoms with E-state index in [1.807, 2.05) is 41.0 Å². The molecule has 1 aromatic heterocycles. The number of fused-ring (bicyclic) bond motifs is 1. The average Bonchev–Trinajstić information content (AvgIpc) is 3.09. The fourth-order valence-corrected chi connectivity index (χ4v) is 4.20. The van der Waals surface area contributed by atoms with E-state index in [2.05, 4.69) is 23.8 Å². The maximum atomic E-state index is 12.7. The molecule has 0 bridgehead atoms. The van der Waals surface area contributed by atoms with Crippen LogP contribution in [0.1, 0.15) is 18.9 Å². The van der Waals surface area contributed by atoms with Crippen LogP contribution in [-0.4, -0.2) is 21.7 Å². The highest BCUT2D eigenvalue weighted by Crippen LogP contribution is 2.30. The van der Waals surface area contributed by atoms with Gasteiger partial charge in [0.25, 0.3) is 0 Å². The molecule has 1 heterocycles. The predicted molar refractivity (Wildman–Crippen MR) is 118 cm³/mol. The molecule has 0 amide bonds. The van der Waals surface area contributed by atoms with Gasteiger partial charge in [-0.1, -0.05) is 49.4 Å². The zero-order chi connectivity index (χ0) is 21.8. The maximum Gasteiger partial charge on any atom is 0.573 e. The number of halogens is 3. The zero-order valence-electron chi connectivity index (χ0n) is 16.9. The smallest absolute Gasteiger partial charge is 0.406 e. The number of hydrogen-bond acceptors (Lipinski definition) is 3. The Morgan fingerprint density at radius 3 is 2.52 bits per heavy atom. The van der Waals surface area contributed by atoms with Gasteiger partial charge < -0.3 is 9.30 Å². The molecule has 0 aliphatic carbocycles. The number of alkyl halides is 3. The third-order valence-corrected chi connectivity index (χ3v) is 5.90. The minimum Gasteiger partial charge on any atom is -0.406 e. The highest BCUT2D eigenvalue weighted by molar-refractivity contribution is 7.99. The number of imidazole rings is 1. The van der Waals surface area contributed by atoms with Gasteiger partial charge in [-0.05, 0) is 48.1 Å². The number of thioether (sulfide) groups is 1. The van der Waals surface area contributed by atoms with Crippen LogP contribution in [0, 0.1) is 0 Å². The fraction of sp³-hybridized carbons (Fsp3) is 0.208. The second kappa shape index (κ2) is 9.06. The molecule has 0 spiro atoms. The van der Waals surface area contributed by atoms with Crippen molar-refractivity contribution >= 4 is 22.8 Å². The summed E-state index contributed by atoms with van der Waals surface area (Å²) in [4.78, 5) is 5.97. The largest absolute Gasteiger partial charge is 0.573 e. The molecule has 3 nitrogen and oxygen atoms in total.